The first-order valence-electron chi connectivity index (χ1n) is 5.89. The fourth-order valence-electron chi connectivity index (χ4n) is 1.65. The van der Waals surface area contributed by atoms with Crippen LogP contribution >= 0.6 is 0 Å². The molecule has 4 heteroatoms. The Hall–Kier alpha value is -1.26. The quantitative estimate of drug-likeness (QED) is 0.605. The van der Waals surface area contributed by atoms with Gasteiger partial charge in [0.2, 0.25) is 0 Å². The topological polar surface area (TPSA) is 40.3 Å². The molecule has 96 valence electrons. The van der Waals surface area contributed by atoms with Crippen molar-refractivity contribution in [1.82, 2.24) is 4.57 Å². The largest absolute Gasteiger partial charge is 0.591 e. The lowest BCUT2D eigenvalue weighted by Crippen LogP contribution is -2.25. The highest BCUT2D eigenvalue weighted by Crippen LogP contribution is 2.18. The summed E-state index contributed by atoms with van der Waals surface area (Å²) in [5.41, 5.74) is 2.16. The van der Waals surface area contributed by atoms with Gasteiger partial charge in [0, 0.05) is 24.1 Å². The van der Waals surface area contributed by atoms with Crippen LogP contribution in [0.3, 0.4) is 0 Å². The van der Waals surface area contributed by atoms with Gasteiger partial charge in [-0.25, -0.2) is 0 Å². The van der Waals surface area contributed by atoms with E-state index in [2.05, 4.69) is 27.2 Å². The summed E-state index contributed by atoms with van der Waals surface area (Å²) in [6.07, 6.45) is 3.71. The van der Waals surface area contributed by atoms with Crippen LogP contribution in [-0.4, -0.2) is 20.1 Å². The Kier molecular flexibility index (Phi) is 3.50. The summed E-state index contributed by atoms with van der Waals surface area (Å²) in [4.78, 5) is 0. The molecular weight excluding hydrogens is 244 g/mol. The maximum atomic E-state index is 11.8. The van der Waals surface area contributed by atoms with Crippen molar-refractivity contribution in [3.05, 3.63) is 36.0 Å². The lowest BCUT2D eigenvalue weighted by Gasteiger charge is -2.17. The molecule has 0 fully saturated rings. The highest BCUT2D eigenvalue weighted by atomic mass is 32.2. The second-order valence-electron chi connectivity index (χ2n) is 5.34. The molecule has 1 atom stereocenters. The van der Waals surface area contributed by atoms with Crippen LogP contribution in [0, 0.1) is 0 Å². The average molecular weight is 262 g/mol. The molecule has 2 aromatic rings. The third-order valence-electron chi connectivity index (χ3n) is 2.73. The van der Waals surface area contributed by atoms with E-state index in [0.29, 0.717) is 0 Å². The number of hydrogen-bond donors (Lipinski definition) is 0. The third-order valence-corrected chi connectivity index (χ3v) is 4.08. The number of nitrogens with zero attached hydrogens (tertiary/aromatic N) is 2. The highest BCUT2D eigenvalue weighted by Gasteiger charge is 2.25. The van der Waals surface area contributed by atoms with Gasteiger partial charge in [-0.15, -0.1) is 0 Å². The smallest absolute Gasteiger partial charge is 0.144 e. The standard InChI is InChI=1S/C14H18N2OS/c1-14(2,3)18(17)15-10-11-5-6-13-12(9-11)7-8-16(13)4/h5-10H,1-4H3/b15-10+. The van der Waals surface area contributed by atoms with Crippen molar-refractivity contribution < 1.29 is 4.55 Å². The first-order valence-corrected chi connectivity index (χ1v) is 7.00. The molecule has 0 saturated heterocycles. The minimum atomic E-state index is -1.20. The minimum Gasteiger partial charge on any atom is -0.591 e. The van der Waals surface area contributed by atoms with E-state index in [0.717, 1.165) is 5.56 Å². The molecule has 0 aliphatic carbocycles. The van der Waals surface area contributed by atoms with Gasteiger partial charge in [0.15, 0.2) is 0 Å². The number of benzene rings is 1. The second kappa shape index (κ2) is 4.78. The molecule has 1 aromatic heterocycles. The van der Waals surface area contributed by atoms with Gasteiger partial charge in [-0.1, -0.05) is 10.5 Å². The molecule has 3 nitrogen and oxygen atoms in total. The molecule has 18 heavy (non-hydrogen) atoms. The van der Waals surface area contributed by atoms with Crippen molar-refractivity contribution in [2.45, 2.75) is 25.5 Å². The van der Waals surface area contributed by atoms with E-state index in [4.69, 9.17) is 0 Å². The van der Waals surface area contributed by atoms with Crippen molar-refractivity contribution in [2.24, 2.45) is 11.4 Å². The average Bonchev–Trinajstić information content (AvgIpc) is 2.66. The van der Waals surface area contributed by atoms with Crippen LogP contribution in [0.15, 0.2) is 34.9 Å². The van der Waals surface area contributed by atoms with Crippen LogP contribution in [0.4, 0.5) is 0 Å². The summed E-state index contributed by atoms with van der Waals surface area (Å²) < 4.78 is 17.7. The lowest BCUT2D eigenvalue weighted by molar-refractivity contribution is 0.562. The molecule has 0 spiro atoms. The summed E-state index contributed by atoms with van der Waals surface area (Å²) in [7, 11) is 2.02. The Morgan fingerprint density at radius 1 is 1.28 bits per heavy atom. The van der Waals surface area contributed by atoms with Crippen LogP contribution in [0.1, 0.15) is 26.3 Å². The van der Waals surface area contributed by atoms with Gasteiger partial charge >= 0.3 is 0 Å². The van der Waals surface area contributed by atoms with Gasteiger partial charge in [0.25, 0.3) is 0 Å². The summed E-state index contributed by atoms with van der Waals surface area (Å²) >= 11 is -1.20. The first kappa shape index (κ1) is 13.2. The van der Waals surface area contributed by atoms with Crippen molar-refractivity contribution in [3.63, 3.8) is 0 Å². The molecule has 1 aromatic carbocycles. The number of rotatable bonds is 2. The Balaban J connectivity index is 2.25. The lowest BCUT2D eigenvalue weighted by atomic mass is 10.2. The van der Waals surface area contributed by atoms with Gasteiger partial charge in [-0.2, -0.15) is 0 Å². The van der Waals surface area contributed by atoms with E-state index >= 15 is 0 Å². The van der Waals surface area contributed by atoms with Gasteiger partial charge in [0.1, 0.15) is 16.1 Å². The maximum Gasteiger partial charge on any atom is 0.144 e. The van der Waals surface area contributed by atoms with E-state index in [-0.39, 0.29) is 4.75 Å². The fraction of sp³-hybridized carbons (Fsp3) is 0.357. The maximum absolute atomic E-state index is 11.8. The Labute approximate surface area is 111 Å². The van der Waals surface area contributed by atoms with Crippen molar-refractivity contribution in [1.29, 1.82) is 0 Å². The summed E-state index contributed by atoms with van der Waals surface area (Å²) in [6.45, 7) is 5.75. The number of aromatic nitrogens is 1. The molecule has 0 amide bonds. The summed E-state index contributed by atoms with van der Waals surface area (Å²) in [5.74, 6) is 0. The molecule has 0 aliphatic rings. The van der Waals surface area contributed by atoms with E-state index in [1.807, 2.05) is 40.1 Å². The number of fused-ring (bicyclic) bond motifs is 1. The summed E-state index contributed by atoms with van der Waals surface area (Å²) in [6, 6.07) is 8.16. The van der Waals surface area contributed by atoms with E-state index < -0.39 is 11.4 Å². The molecule has 0 bridgehead atoms. The van der Waals surface area contributed by atoms with Gasteiger partial charge in [-0.05, 0) is 44.5 Å². The van der Waals surface area contributed by atoms with Gasteiger partial charge in [0.05, 0.1) is 6.21 Å². The zero-order valence-electron chi connectivity index (χ0n) is 11.2. The van der Waals surface area contributed by atoms with Crippen LogP contribution in [-0.2, 0) is 18.4 Å². The molecule has 1 unspecified atom stereocenters. The second-order valence-corrected chi connectivity index (χ2v) is 7.27. The van der Waals surface area contributed by atoms with Crippen LogP contribution in [0.5, 0.6) is 0 Å². The normalized spacial score (nSPS) is 14.5. The Morgan fingerprint density at radius 3 is 2.67 bits per heavy atom. The third kappa shape index (κ3) is 2.76. The molecule has 0 saturated carbocycles. The molecule has 0 radical (unpaired) electrons. The molecule has 2 rings (SSSR count). The van der Waals surface area contributed by atoms with Crippen LogP contribution in [0.25, 0.3) is 10.9 Å². The Morgan fingerprint density at radius 2 is 2.00 bits per heavy atom. The molecule has 1 heterocycles. The van der Waals surface area contributed by atoms with E-state index in [1.165, 1.54) is 10.9 Å². The number of hydrogen-bond acceptors (Lipinski definition) is 2. The monoisotopic (exact) mass is 262 g/mol. The van der Waals surface area contributed by atoms with Crippen molar-refractivity contribution in [2.75, 3.05) is 0 Å². The number of aryl methyl sites for hydroxylation is 1. The SMILES string of the molecule is Cn1ccc2cc(/C=N/[S+]([O-])C(C)(C)C)ccc21. The predicted molar refractivity (Wildman–Crippen MR) is 78.4 cm³/mol. The van der Waals surface area contributed by atoms with Crippen molar-refractivity contribution in [3.8, 4) is 0 Å². The molecule has 0 aliphatic heterocycles. The van der Waals surface area contributed by atoms with E-state index in [1.54, 1.807) is 6.21 Å². The van der Waals surface area contributed by atoms with E-state index in [9.17, 15) is 4.55 Å². The van der Waals surface area contributed by atoms with Gasteiger partial charge < -0.3 is 9.12 Å². The first-order chi connectivity index (χ1) is 8.38. The zero-order chi connectivity index (χ0) is 13.3. The minimum absolute atomic E-state index is 0.312. The fourth-order valence-corrected chi connectivity index (χ4v) is 2.18. The predicted octanol–water partition coefficient (Wildman–Crippen LogP) is 3.06. The van der Waals surface area contributed by atoms with Gasteiger partial charge in [-0.3, -0.25) is 0 Å². The Bertz CT molecular complexity index is 581. The molecule has 0 N–H and O–H groups in total. The zero-order valence-corrected chi connectivity index (χ0v) is 12.0. The summed E-state index contributed by atoms with van der Waals surface area (Å²) in [5, 5.41) is 1.17. The molecular formula is C14H18N2OS. The van der Waals surface area contributed by atoms with Crippen molar-refractivity contribution >= 4 is 28.5 Å². The highest BCUT2D eigenvalue weighted by molar-refractivity contribution is 7.91. The van der Waals surface area contributed by atoms with Crippen LogP contribution in [0.2, 0.25) is 0 Å². The van der Waals surface area contributed by atoms with Crippen LogP contribution < -0.4 is 0 Å².